The van der Waals surface area contributed by atoms with Gasteiger partial charge in [0.05, 0.1) is 34.4 Å². The first kappa shape index (κ1) is 16.8. The molecule has 1 aromatic carbocycles. The first-order valence-corrected chi connectivity index (χ1v) is 6.60. The quantitative estimate of drug-likeness (QED) is 0.869. The number of carbonyl (C=O) groups excluding carboxylic acids is 1. The Labute approximate surface area is 121 Å². The zero-order valence-corrected chi connectivity index (χ0v) is 11.2. The van der Waals surface area contributed by atoms with Gasteiger partial charge in [-0.05, 0) is 18.2 Å². The minimum atomic E-state index is -4.72. The third kappa shape index (κ3) is 5.35. The van der Waals surface area contributed by atoms with Crippen LogP contribution < -0.4 is 5.32 Å². The van der Waals surface area contributed by atoms with Crippen LogP contribution in [0, 0.1) is 11.3 Å². The number of thioether (sulfide) groups is 1. The highest BCUT2D eigenvalue weighted by atomic mass is 32.2. The van der Waals surface area contributed by atoms with Gasteiger partial charge in [-0.2, -0.15) is 18.4 Å². The molecule has 2 N–H and O–H groups in total. The fourth-order valence-electron chi connectivity index (χ4n) is 1.37. The van der Waals surface area contributed by atoms with E-state index in [0.717, 1.165) is 23.9 Å². The summed E-state index contributed by atoms with van der Waals surface area (Å²) in [4.78, 5) is 21.7. The number of anilines is 1. The van der Waals surface area contributed by atoms with Crippen LogP contribution in [0.2, 0.25) is 0 Å². The number of nitriles is 1. The van der Waals surface area contributed by atoms with Crippen molar-refractivity contribution in [3.8, 4) is 6.07 Å². The number of alkyl halides is 3. The Morgan fingerprint density at radius 2 is 2.00 bits per heavy atom. The van der Waals surface area contributed by atoms with Gasteiger partial charge in [-0.1, -0.05) is 0 Å². The number of amides is 1. The molecule has 0 saturated heterocycles. The normalized spacial score (nSPS) is 10.8. The van der Waals surface area contributed by atoms with Gasteiger partial charge in [-0.15, -0.1) is 11.8 Å². The number of halogens is 3. The smallest absolute Gasteiger partial charge is 0.418 e. The highest BCUT2D eigenvalue weighted by Crippen LogP contribution is 2.35. The molecule has 0 aliphatic carbocycles. The number of rotatable bonds is 5. The molecule has 1 rings (SSSR count). The average molecular weight is 318 g/mol. The minimum absolute atomic E-state index is 0.180. The molecule has 0 aliphatic rings. The van der Waals surface area contributed by atoms with Crippen LogP contribution in [-0.2, 0) is 15.8 Å². The van der Waals surface area contributed by atoms with Gasteiger partial charge in [0.25, 0.3) is 0 Å². The van der Waals surface area contributed by atoms with Gasteiger partial charge in [0.1, 0.15) is 0 Å². The summed E-state index contributed by atoms with van der Waals surface area (Å²) in [7, 11) is 0. The molecule has 0 unspecified atom stereocenters. The molecule has 0 atom stereocenters. The van der Waals surface area contributed by atoms with E-state index in [1.807, 2.05) is 0 Å². The van der Waals surface area contributed by atoms with Crippen LogP contribution in [0.25, 0.3) is 0 Å². The van der Waals surface area contributed by atoms with E-state index in [1.165, 1.54) is 0 Å². The van der Waals surface area contributed by atoms with Crippen molar-refractivity contribution in [2.24, 2.45) is 0 Å². The van der Waals surface area contributed by atoms with Crippen molar-refractivity contribution in [2.45, 2.75) is 6.18 Å². The number of carboxylic acids is 1. The van der Waals surface area contributed by atoms with Gasteiger partial charge < -0.3 is 10.4 Å². The molecule has 0 bridgehead atoms. The van der Waals surface area contributed by atoms with E-state index in [0.29, 0.717) is 6.07 Å². The maximum atomic E-state index is 12.8. The molecule has 21 heavy (non-hydrogen) atoms. The Bertz CT molecular complexity index is 596. The van der Waals surface area contributed by atoms with Crippen LogP contribution in [0.3, 0.4) is 0 Å². The highest BCUT2D eigenvalue weighted by molar-refractivity contribution is 8.00. The molecule has 1 aromatic rings. The number of nitrogens with zero attached hydrogens (tertiary/aromatic N) is 1. The largest absolute Gasteiger partial charge is 0.481 e. The first-order valence-electron chi connectivity index (χ1n) is 5.44. The van der Waals surface area contributed by atoms with Crippen molar-refractivity contribution in [2.75, 3.05) is 16.8 Å². The zero-order valence-electron chi connectivity index (χ0n) is 10.4. The number of aliphatic carboxylic acids is 1. The number of hydrogen-bond donors (Lipinski definition) is 2. The van der Waals surface area contributed by atoms with E-state index in [-0.39, 0.29) is 17.1 Å². The molecule has 0 saturated carbocycles. The Morgan fingerprint density at radius 1 is 1.33 bits per heavy atom. The Kier molecular flexibility index (Phi) is 5.60. The van der Waals surface area contributed by atoms with E-state index in [4.69, 9.17) is 10.4 Å². The van der Waals surface area contributed by atoms with E-state index in [9.17, 15) is 22.8 Å². The van der Waals surface area contributed by atoms with Crippen LogP contribution in [0.4, 0.5) is 18.9 Å². The lowest BCUT2D eigenvalue weighted by Crippen LogP contribution is -2.19. The third-order valence-electron chi connectivity index (χ3n) is 2.19. The van der Waals surface area contributed by atoms with Gasteiger partial charge in [0.15, 0.2) is 0 Å². The van der Waals surface area contributed by atoms with E-state index >= 15 is 0 Å². The van der Waals surface area contributed by atoms with Crippen molar-refractivity contribution < 1.29 is 27.9 Å². The zero-order chi connectivity index (χ0) is 16.0. The summed E-state index contributed by atoms with van der Waals surface area (Å²) in [5, 5.41) is 19.1. The second-order valence-electron chi connectivity index (χ2n) is 3.80. The molecular formula is C12H9F3N2O3S. The number of carbonyl (C=O) groups is 2. The van der Waals surface area contributed by atoms with Gasteiger partial charge in [-0.3, -0.25) is 9.59 Å². The second-order valence-corrected chi connectivity index (χ2v) is 4.79. The SMILES string of the molecule is N#Cc1ccc(NC(=O)CSCC(=O)O)c(C(F)(F)F)c1. The lowest BCUT2D eigenvalue weighted by Gasteiger charge is -2.13. The molecule has 0 aromatic heterocycles. The number of hydrogen-bond acceptors (Lipinski definition) is 4. The summed E-state index contributed by atoms with van der Waals surface area (Å²) in [5.41, 5.74) is -1.78. The Balaban J connectivity index is 2.86. The van der Waals surface area contributed by atoms with Crippen molar-refractivity contribution in [1.82, 2.24) is 0 Å². The van der Waals surface area contributed by atoms with Gasteiger partial charge in [0.2, 0.25) is 5.91 Å². The molecule has 0 heterocycles. The number of benzene rings is 1. The van der Waals surface area contributed by atoms with Gasteiger partial charge in [-0.25, -0.2) is 0 Å². The van der Waals surface area contributed by atoms with Crippen LogP contribution >= 0.6 is 11.8 Å². The van der Waals surface area contributed by atoms with Gasteiger partial charge in [0, 0.05) is 0 Å². The molecule has 0 radical (unpaired) electrons. The van der Waals surface area contributed by atoms with E-state index in [2.05, 4.69) is 5.32 Å². The molecular weight excluding hydrogens is 309 g/mol. The maximum Gasteiger partial charge on any atom is 0.418 e. The van der Waals surface area contributed by atoms with Crippen molar-refractivity contribution in [1.29, 1.82) is 5.26 Å². The van der Waals surface area contributed by atoms with E-state index in [1.54, 1.807) is 6.07 Å². The van der Waals surface area contributed by atoms with Crippen molar-refractivity contribution >= 4 is 29.3 Å². The maximum absolute atomic E-state index is 12.8. The summed E-state index contributed by atoms with van der Waals surface area (Å²) in [6, 6.07) is 4.36. The highest BCUT2D eigenvalue weighted by Gasteiger charge is 2.34. The molecule has 1 amide bonds. The predicted molar refractivity (Wildman–Crippen MR) is 69.7 cm³/mol. The molecule has 5 nitrogen and oxygen atoms in total. The predicted octanol–water partition coefficient (Wildman–Crippen LogP) is 2.33. The standard InChI is InChI=1S/C12H9F3N2O3S/c13-12(14,15)8-3-7(4-16)1-2-9(8)17-10(18)5-21-6-11(19)20/h1-3H,5-6H2,(H,17,18)(H,19,20). The topological polar surface area (TPSA) is 90.2 Å². The van der Waals surface area contributed by atoms with Crippen LogP contribution in [0.5, 0.6) is 0 Å². The summed E-state index contributed by atoms with van der Waals surface area (Å²) in [6.45, 7) is 0. The van der Waals surface area contributed by atoms with Crippen molar-refractivity contribution in [3.05, 3.63) is 29.3 Å². The summed E-state index contributed by atoms with van der Waals surface area (Å²) in [5.74, 6) is -2.49. The van der Waals surface area contributed by atoms with Crippen molar-refractivity contribution in [3.63, 3.8) is 0 Å². The van der Waals surface area contributed by atoms with Crippen LogP contribution in [-0.4, -0.2) is 28.5 Å². The number of nitrogens with one attached hydrogen (secondary N) is 1. The lowest BCUT2D eigenvalue weighted by molar-refractivity contribution is -0.137. The Hall–Kier alpha value is -2.21. The fraction of sp³-hybridized carbons (Fsp3) is 0.250. The van der Waals surface area contributed by atoms with Gasteiger partial charge >= 0.3 is 12.1 Å². The summed E-state index contributed by atoms with van der Waals surface area (Å²) in [6.07, 6.45) is -4.72. The molecule has 0 fully saturated rings. The summed E-state index contributed by atoms with van der Waals surface area (Å²) >= 11 is 0.765. The van der Waals surface area contributed by atoms with Crippen LogP contribution in [0.15, 0.2) is 18.2 Å². The molecule has 9 heteroatoms. The third-order valence-corrected chi connectivity index (χ3v) is 3.10. The minimum Gasteiger partial charge on any atom is -0.481 e. The lowest BCUT2D eigenvalue weighted by atomic mass is 10.1. The first-order chi connectivity index (χ1) is 9.74. The molecule has 0 aliphatic heterocycles. The average Bonchev–Trinajstić information content (AvgIpc) is 2.37. The van der Waals surface area contributed by atoms with Crippen LogP contribution in [0.1, 0.15) is 11.1 Å². The Morgan fingerprint density at radius 3 is 2.52 bits per heavy atom. The molecule has 112 valence electrons. The molecule has 0 spiro atoms. The second kappa shape index (κ2) is 6.99. The summed E-state index contributed by atoms with van der Waals surface area (Å²) < 4.78 is 38.5. The fourth-order valence-corrected chi connectivity index (χ4v) is 1.91. The monoisotopic (exact) mass is 318 g/mol. The number of carboxylic acid groups (broad SMARTS) is 1. The van der Waals surface area contributed by atoms with E-state index < -0.39 is 29.3 Å².